The van der Waals surface area contributed by atoms with Crippen molar-refractivity contribution in [1.82, 2.24) is 0 Å². The molecule has 0 N–H and O–H groups in total. The molecule has 21 heavy (non-hydrogen) atoms. The highest BCUT2D eigenvalue weighted by Gasteiger charge is 2.11. The van der Waals surface area contributed by atoms with Crippen molar-refractivity contribution in [1.29, 1.82) is 0 Å². The van der Waals surface area contributed by atoms with Crippen molar-refractivity contribution in [2.24, 2.45) is 9.98 Å². The van der Waals surface area contributed by atoms with Crippen molar-refractivity contribution in [3.05, 3.63) is 83.4 Å². The highest BCUT2D eigenvalue weighted by Crippen LogP contribution is 2.25. The van der Waals surface area contributed by atoms with Crippen LogP contribution in [0.4, 0.5) is 0 Å². The van der Waals surface area contributed by atoms with E-state index in [4.69, 9.17) is 4.99 Å². The van der Waals surface area contributed by atoms with Crippen molar-refractivity contribution < 1.29 is 0 Å². The monoisotopic (exact) mass is 274 g/mol. The van der Waals surface area contributed by atoms with Gasteiger partial charge in [-0.3, -0.25) is 9.98 Å². The zero-order valence-electron chi connectivity index (χ0n) is 11.9. The van der Waals surface area contributed by atoms with Gasteiger partial charge in [0.25, 0.3) is 0 Å². The van der Waals surface area contributed by atoms with Crippen LogP contribution < -0.4 is 0 Å². The fourth-order valence-corrected chi connectivity index (χ4v) is 2.41. The molecule has 1 aliphatic rings. The lowest BCUT2D eigenvalue weighted by Gasteiger charge is -2.14. The minimum absolute atomic E-state index is 0.0409. The molecule has 0 saturated carbocycles. The molecular weight excluding hydrogens is 256 g/mol. The Balaban J connectivity index is 1.90. The molecule has 0 unspecified atom stereocenters. The third-order valence-corrected chi connectivity index (χ3v) is 3.51. The second kappa shape index (κ2) is 6.80. The normalized spacial score (nSPS) is 14.6. The van der Waals surface area contributed by atoms with E-state index in [1.165, 1.54) is 16.7 Å². The van der Waals surface area contributed by atoms with E-state index in [0.29, 0.717) is 0 Å². The second-order valence-electron chi connectivity index (χ2n) is 5.04. The maximum absolute atomic E-state index is 4.82. The summed E-state index contributed by atoms with van der Waals surface area (Å²) in [5.74, 6) is 0. The van der Waals surface area contributed by atoms with Gasteiger partial charge in [0.2, 0.25) is 0 Å². The van der Waals surface area contributed by atoms with Crippen LogP contribution in [0.15, 0.2) is 82.3 Å². The third-order valence-electron chi connectivity index (χ3n) is 3.51. The summed E-state index contributed by atoms with van der Waals surface area (Å²) in [6.45, 7) is 0.736. The van der Waals surface area contributed by atoms with Crippen LogP contribution in [0.2, 0.25) is 0 Å². The van der Waals surface area contributed by atoms with Gasteiger partial charge >= 0.3 is 0 Å². The Morgan fingerprint density at radius 2 is 1.52 bits per heavy atom. The van der Waals surface area contributed by atoms with Crippen molar-refractivity contribution >= 4 is 12.4 Å². The smallest absolute Gasteiger partial charge is 0.0999 e. The van der Waals surface area contributed by atoms with Gasteiger partial charge in [-0.2, -0.15) is 0 Å². The number of hydrogen-bond acceptors (Lipinski definition) is 2. The van der Waals surface area contributed by atoms with Gasteiger partial charge in [0.15, 0.2) is 0 Å². The van der Waals surface area contributed by atoms with Crippen LogP contribution in [0.1, 0.15) is 23.6 Å². The summed E-state index contributed by atoms with van der Waals surface area (Å²) in [7, 11) is 0. The molecule has 0 aromatic heterocycles. The summed E-state index contributed by atoms with van der Waals surface area (Å²) >= 11 is 0. The molecule has 2 aromatic rings. The second-order valence-corrected chi connectivity index (χ2v) is 5.04. The van der Waals surface area contributed by atoms with Gasteiger partial charge in [-0.25, -0.2) is 0 Å². The van der Waals surface area contributed by atoms with Crippen LogP contribution in [-0.4, -0.2) is 19.0 Å². The molecule has 0 atom stereocenters. The number of dihydropyridines is 1. The molecule has 2 aromatic carbocycles. The van der Waals surface area contributed by atoms with Crippen LogP contribution in [-0.2, 0) is 0 Å². The molecular formula is C19H18N2. The zero-order valence-corrected chi connectivity index (χ0v) is 11.9. The predicted molar refractivity (Wildman–Crippen MR) is 89.3 cm³/mol. The Morgan fingerprint density at radius 3 is 2.05 bits per heavy atom. The lowest BCUT2D eigenvalue weighted by atomic mass is 9.99. The minimum Gasteiger partial charge on any atom is -0.292 e. The topological polar surface area (TPSA) is 24.7 Å². The fraction of sp³-hybridized carbons (Fsp3) is 0.158. The van der Waals surface area contributed by atoms with E-state index in [0.717, 1.165) is 13.0 Å². The summed E-state index contributed by atoms with van der Waals surface area (Å²) < 4.78 is 0. The van der Waals surface area contributed by atoms with E-state index < -0.39 is 0 Å². The number of rotatable bonds is 4. The number of aliphatic imine (C=N–C) groups is 2. The van der Waals surface area contributed by atoms with Gasteiger partial charge in [0.05, 0.1) is 12.6 Å². The van der Waals surface area contributed by atoms with Crippen molar-refractivity contribution in [3.8, 4) is 0 Å². The lowest BCUT2D eigenvalue weighted by molar-refractivity contribution is 0.876. The van der Waals surface area contributed by atoms with Gasteiger partial charge in [-0.05, 0) is 16.7 Å². The average molecular weight is 274 g/mol. The molecule has 0 bridgehead atoms. The van der Waals surface area contributed by atoms with Crippen molar-refractivity contribution in [2.75, 3.05) is 6.54 Å². The SMILES string of the molecule is C1=NCC(C=NC(c2ccccc2)c2ccccc2)=CC1. The standard InChI is InChI=1S/C19H18N2/c1-3-9-17(10-4-1)19(18-11-5-2-6-12-18)21-15-16-8-7-13-20-14-16/h1-6,8-13,15,19H,7,14H2. The minimum atomic E-state index is 0.0409. The van der Waals surface area contributed by atoms with Gasteiger partial charge in [0.1, 0.15) is 0 Å². The Kier molecular flexibility index (Phi) is 4.37. The van der Waals surface area contributed by atoms with Crippen LogP contribution in [0.3, 0.4) is 0 Å². The Labute approximate surface area is 125 Å². The van der Waals surface area contributed by atoms with E-state index in [2.05, 4.69) is 59.6 Å². The van der Waals surface area contributed by atoms with E-state index in [-0.39, 0.29) is 6.04 Å². The molecule has 2 nitrogen and oxygen atoms in total. The highest BCUT2D eigenvalue weighted by molar-refractivity contribution is 5.82. The third kappa shape index (κ3) is 3.54. The molecule has 1 aliphatic heterocycles. The van der Waals surface area contributed by atoms with Crippen LogP contribution >= 0.6 is 0 Å². The van der Waals surface area contributed by atoms with E-state index in [9.17, 15) is 0 Å². The molecule has 0 radical (unpaired) electrons. The quantitative estimate of drug-likeness (QED) is 0.745. The molecule has 1 heterocycles. The lowest BCUT2D eigenvalue weighted by Crippen LogP contribution is -2.01. The first-order valence-corrected chi connectivity index (χ1v) is 7.24. The molecule has 0 spiro atoms. The molecule has 0 aliphatic carbocycles. The number of allylic oxidation sites excluding steroid dienone is 1. The summed E-state index contributed by atoms with van der Waals surface area (Å²) in [6.07, 6.45) is 7.01. The van der Waals surface area contributed by atoms with E-state index in [1.54, 1.807) is 0 Å². The van der Waals surface area contributed by atoms with Crippen molar-refractivity contribution in [2.45, 2.75) is 12.5 Å². The molecule has 0 fully saturated rings. The van der Waals surface area contributed by atoms with Crippen LogP contribution in [0.5, 0.6) is 0 Å². The number of nitrogens with zero attached hydrogens (tertiary/aromatic N) is 2. The fourth-order valence-electron chi connectivity index (χ4n) is 2.41. The van der Waals surface area contributed by atoms with Crippen LogP contribution in [0, 0.1) is 0 Å². The molecule has 3 rings (SSSR count). The van der Waals surface area contributed by atoms with Crippen molar-refractivity contribution in [3.63, 3.8) is 0 Å². The van der Waals surface area contributed by atoms with Gasteiger partial charge in [-0.15, -0.1) is 0 Å². The number of benzene rings is 2. The van der Waals surface area contributed by atoms with E-state index >= 15 is 0 Å². The summed E-state index contributed by atoms with van der Waals surface area (Å²) in [5, 5.41) is 0. The highest BCUT2D eigenvalue weighted by atomic mass is 14.8. The largest absolute Gasteiger partial charge is 0.292 e. The predicted octanol–water partition coefficient (Wildman–Crippen LogP) is 4.25. The maximum Gasteiger partial charge on any atom is 0.0999 e. The first-order valence-electron chi connectivity index (χ1n) is 7.24. The maximum atomic E-state index is 4.82. The average Bonchev–Trinajstić information content (AvgIpc) is 2.58. The van der Waals surface area contributed by atoms with Gasteiger partial charge < -0.3 is 0 Å². The summed E-state index contributed by atoms with van der Waals surface area (Å²) in [4.78, 5) is 9.12. The first kappa shape index (κ1) is 13.5. The Bertz CT molecular complexity index is 615. The molecule has 2 heteroatoms. The zero-order chi connectivity index (χ0) is 14.3. The molecule has 0 amide bonds. The molecule has 104 valence electrons. The molecule has 0 saturated heterocycles. The van der Waals surface area contributed by atoms with Gasteiger partial charge in [-0.1, -0.05) is 66.7 Å². The number of hydrogen-bond donors (Lipinski definition) is 0. The first-order chi connectivity index (χ1) is 10.4. The van der Waals surface area contributed by atoms with Gasteiger partial charge in [0, 0.05) is 18.9 Å². The van der Waals surface area contributed by atoms with Crippen LogP contribution in [0.25, 0.3) is 0 Å². The Morgan fingerprint density at radius 1 is 0.905 bits per heavy atom. The summed E-state index contributed by atoms with van der Waals surface area (Å²) in [5.41, 5.74) is 3.61. The summed E-state index contributed by atoms with van der Waals surface area (Å²) in [6, 6.07) is 20.9. The Hall–Kier alpha value is -2.48. The van der Waals surface area contributed by atoms with E-state index in [1.807, 2.05) is 24.6 Å².